The molecule has 1 aromatic carbocycles. The van der Waals surface area contributed by atoms with Crippen LogP contribution in [0.5, 0.6) is 0 Å². The first-order valence-corrected chi connectivity index (χ1v) is 9.37. The molecule has 1 saturated heterocycles. The maximum absolute atomic E-state index is 12.6. The van der Waals surface area contributed by atoms with Crippen LogP contribution in [0, 0.1) is 5.92 Å². The van der Waals surface area contributed by atoms with Gasteiger partial charge in [0.2, 0.25) is 0 Å². The molecular formula is C20H26N2O4. The molecule has 2 aliphatic heterocycles. The summed E-state index contributed by atoms with van der Waals surface area (Å²) in [6.07, 6.45) is 3.70. The molecule has 1 N–H and O–H groups in total. The van der Waals surface area contributed by atoms with Crippen LogP contribution in [0.1, 0.15) is 70.6 Å². The van der Waals surface area contributed by atoms with Gasteiger partial charge in [0, 0.05) is 18.7 Å². The Kier molecular flexibility index (Phi) is 5.71. The number of carbonyl (C=O) groups excluding carboxylic acids is 3. The van der Waals surface area contributed by atoms with Crippen LogP contribution in [-0.4, -0.2) is 48.4 Å². The molecule has 0 aromatic heterocycles. The molecule has 1 atom stereocenters. The molecule has 26 heavy (non-hydrogen) atoms. The van der Waals surface area contributed by atoms with E-state index < -0.39 is 0 Å². The summed E-state index contributed by atoms with van der Waals surface area (Å²) in [5, 5.41) is 2.87. The fourth-order valence-corrected chi connectivity index (χ4v) is 3.40. The van der Waals surface area contributed by atoms with Crippen molar-refractivity contribution in [3.05, 3.63) is 34.9 Å². The zero-order valence-corrected chi connectivity index (χ0v) is 15.4. The number of imide groups is 1. The lowest BCUT2D eigenvalue weighted by molar-refractivity contribution is 0.0475. The SMILES string of the molecule is CC(C)CCCNC(=O)c1ccc2c(c1)C(=O)N(CC1CCCO1)C2=O. The molecule has 0 aliphatic carbocycles. The van der Waals surface area contributed by atoms with Gasteiger partial charge in [-0.3, -0.25) is 19.3 Å². The summed E-state index contributed by atoms with van der Waals surface area (Å²) < 4.78 is 5.53. The van der Waals surface area contributed by atoms with Gasteiger partial charge in [0.1, 0.15) is 0 Å². The summed E-state index contributed by atoms with van der Waals surface area (Å²) >= 11 is 0. The Labute approximate surface area is 153 Å². The van der Waals surface area contributed by atoms with Crippen molar-refractivity contribution in [3.63, 3.8) is 0 Å². The van der Waals surface area contributed by atoms with Crippen molar-refractivity contribution in [2.24, 2.45) is 5.92 Å². The molecule has 2 aliphatic rings. The first kappa shape index (κ1) is 18.6. The summed E-state index contributed by atoms with van der Waals surface area (Å²) in [6, 6.07) is 4.72. The topological polar surface area (TPSA) is 75.7 Å². The molecule has 1 unspecified atom stereocenters. The van der Waals surface area contributed by atoms with E-state index >= 15 is 0 Å². The Hall–Kier alpha value is -2.21. The lowest BCUT2D eigenvalue weighted by Crippen LogP contribution is -2.36. The number of benzene rings is 1. The van der Waals surface area contributed by atoms with Gasteiger partial charge in [-0.25, -0.2) is 0 Å². The molecule has 6 heteroatoms. The molecule has 3 amide bonds. The van der Waals surface area contributed by atoms with Crippen LogP contribution in [0.2, 0.25) is 0 Å². The van der Waals surface area contributed by atoms with E-state index in [-0.39, 0.29) is 30.4 Å². The highest BCUT2D eigenvalue weighted by Gasteiger charge is 2.37. The first-order valence-electron chi connectivity index (χ1n) is 9.37. The molecule has 3 rings (SSSR count). The zero-order valence-electron chi connectivity index (χ0n) is 15.4. The second-order valence-corrected chi connectivity index (χ2v) is 7.41. The highest BCUT2D eigenvalue weighted by Crippen LogP contribution is 2.26. The number of hydrogen-bond acceptors (Lipinski definition) is 4. The number of nitrogens with zero attached hydrogens (tertiary/aromatic N) is 1. The van der Waals surface area contributed by atoms with Gasteiger partial charge in [-0.05, 0) is 49.8 Å². The predicted molar refractivity (Wildman–Crippen MR) is 97.2 cm³/mol. The highest BCUT2D eigenvalue weighted by atomic mass is 16.5. The van der Waals surface area contributed by atoms with Gasteiger partial charge in [-0.15, -0.1) is 0 Å². The normalized spacial score (nSPS) is 19.3. The fraction of sp³-hybridized carbons (Fsp3) is 0.550. The van der Waals surface area contributed by atoms with Crippen LogP contribution in [0.25, 0.3) is 0 Å². The van der Waals surface area contributed by atoms with Crippen molar-refractivity contribution in [2.45, 2.75) is 45.6 Å². The monoisotopic (exact) mass is 358 g/mol. The van der Waals surface area contributed by atoms with Crippen molar-refractivity contribution in [1.29, 1.82) is 0 Å². The fourth-order valence-electron chi connectivity index (χ4n) is 3.40. The lowest BCUT2D eigenvalue weighted by Gasteiger charge is -2.17. The maximum Gasteiger partial charge on any atom is 0.261 e. The van der Waals surface area contributed by atoms with Crippen molar-refractivity contribution in [2.75, 3.05) is 19.7 Å². The second kappa shape index (κ2) is 7.99. The Balaban J connectivity index is 1.65. The van der Waals surface area contributed by atoms with Crippen LogP contribution in [0.4, 0.5) is 0 Å². The predicted octanol–water partition coefficient (Wildman–Crippen LogP) is 2.63. The largest absolute Gasteiger partial charge is 0.376 e. The van der Waals surface area contributed by atoms with Crippen LogP contribution < -0.4 is 5.32 Å². The Morgan fingerprint density at radius 1 is 1.27 bits per heavy atom. The molecule has 140 valence electrons. The molecule has 0 bridgehead atoms. The third-order valence-corrected chi connectivity index (χ3v) is 4.89. The Bertz CT molecular complexity index is 708. The highest BCUT2D eigenvalue weighted by molar-refractivity contribution is 6.22. The van der Waals surface area contributed by atoms with E-state index in [1.165, 1.54) is 11.0 Å². The summed E-state index contributed by atoms with van der Waals surface area (Å²) in [5.74, 6) is -0.251. The standard InChI is InChI=1S/C20H26N2O4/c1-13(2)5-3-9-21-18(23)14-7-8-16-17(11-14)20(25)22(19(16)24)12-15-6-4-10-26-15/h7-8,11,13,15H,3-6,9-10,12H2,1-2H3,(H,21,23). The number of carbonyl (C=O) groups is 3. The molecule has 0 radical (unpaired) electrons. The van der Waals surface area contributed by atoms with E-state index in [4.69, 9.17) is 4.74 Å². The Morgan fingerprint density at radius 3 is 2.73 bits per heavy atom. The molecule has 0 spiro atoms. The van der Waals surface area contributed by atoms with Gasteiger partial charge >= 0.3 is 0 Å². The second-order valence-electron chi connectivity index (χ2n) is 7.41. The lowest BCUT2D eigenvalue weighted by atomic mass is 10.0. The van der Waals surface area contributed by atoms with Crippen LogP contribution >= 0.6 is 0 Å². The average molecular weight is 358 g/mol. The molecular weight excluding hydrogens is 332 g/mol. The van der Waals surface area contributed by atoms with Gasteiger partial charge < -0.3 is 10.1 Å². The molecule has 6 nitrogen and oxygen atoms in total. The van der Waals surface area contributed by atoms with Crippen molar-refractivity contribution in [3.8, 4) is 0 Å². The minimum absolute atomic E-state index is 0.0825. The number of amides is 3. The van der Waals surface area contributed by atoms with Crippen LogP contribution in [0.15, 0.2) is 18.2 Å². The maximum atomic E-state index is 12.6. The van der Waals surface area contributed by atoms with Gasteiger partial charge in [0.15, 0.2) is 0 Å². The number of rotatable bonds is 7. The molecule has 1 aromatic rings. The number of hydrogen-bond donors (Lipinski definition) is 1. The summed E-state index contributed by atoms with van der Waals surface area (Å²) in [7, 11) is 0. The molecule has 2 heterocycles. The van der Waals surface area contributed by atoms with Crippen molar-refractivity contribution < 1.29 is 19.1 Å². The summed E-state index contributed by atoms with van der Waals surface area (Å²) in [5.41, 5.74) is 1.08. The van der Waals surface area contributed by atoms with E-state index in [1.807, 2.05) is 0 Å². The first-order chi connectivity index (χ1) is 12.5. The number of nitrogens with one attached hydrogen (secondary N) is 1. The summed E-state index contributed by atoms with van der Waals surface area (Å²) in [6.45, 7) is 5.85. The van der Waals surface area contributed by atoms with Gasteiger partial charge in [-0.1, -0.05) is 13.8 Å². The third-order valence-electron chi connectivity index (χ3n) is 4.89. The van der Waals surface area contributed by atoms with Crippen molar-refractivity contribution >= 4 is 17.7 Å². The zero-order chi connectivity index (χ0) is 18.7. The number of ether oxygens (including phenoxy) is 1. The average Bonchev–Trinajstić information content (AvgIpc) is 3.21. The van der Waals surface area contributed by atoms with E-state index in [0.29, 0.717) is 35.8 Å². The quantitative estimate of drug-likeness (QED) is 0.600. The Morgan fingerprint density at radius 2 is 2.04 bits per heavy atom. The minimum Gasteiger partial charge on any atom is -0.376 e. The smallest absolute Gasteiger partial charge is 0.261 e. The minimum atomic E-state index is -0.338. The molecule has 1 fully saturated rings. The molecule has 0 saturated carbocycles. The van der Waals surface area contributed by atoms with E-state index in [0.717, 1.165) is 25.7 Å². The van der Waals surface area contributed by atoms with E-state index in [2.05, 4.69) is 19.2 Å². The third kappa shape index (κ3) is 3.96. The van der Waals surface area contributed by atoms with Gasteiger partial charge in [-0.2, -0.15) is 0 Å². The van der Waals surface area contributed by atoms with Gasteiger partial charge in [0.05, 0.1) is 23.8 Å². The van der Waals surface area contributed by atoms with Gasteiger partial charge in [0.25, 0.3) is 17.7 Å². The summed E-state index contributed by atoms with van der Waals surface area (Å²) in [4.78, 5) is 38.7. The van der Waals surface area contributed by atoms with Crippen LogP contribution in [-0.2, 0) is 4.74 Å². The van der Waals surface area contributed by atoms with E-state index in [9.17, 15) is 14.4 Å². The van der Waals surface area contributed by atoms with E-state index in [1.54, 1.807) is 12.1 Å². The number of fused-ring (bicyclic) bond motifs is 1. The van der Waals surface area contributed by atoms with Crippen molar-refractivity contribution in [1.82, 2.24) is 10.2 Å². The van der Waals surface area contributed by atoms with Crippen LogP contribution in [0.3, 0.4) is 0 Å².